The Morgan fingerprint density at radius 2 is 2.15 bits per heavy atom. The van der Waals surface area contributed by atoms with Crippen LogP contribution in [-0.2, 0) is 9.05 Å². The number of H-pyrrole nitrogens is 1. The van der Waals surface area contributed by atoms with Crippen molar-refractivity contribution in [2.24, 2.45) is 0 Å². The molecule has 72 valence electrons. The number of carboxylic acids is 1. The van der Waals surface area contributed by atoms with E-state index in [-0.39, 0.29) is 16.2 Å². The van der Waals surface area contributed by atoms with Crippen molar-refractivity contribution >= 4 is 25.7 Å². The van der Waals surface area contributed by atoms with Gasteiger partial charge in [-0.15, -0.1) is 0 Å². The van der Waals surface area contributed by atoms with Crippen LogP contribution in [0.3, 0.4) is 0 Å². The van der Waals surface area contributed by atoms with Gasteiger partial charge in [-0.05, 0) is 6.92 Å². The van der Waals surface area contributed by atoms with Crippen LogP contribution < -0.4 is 0 Å². The first-order chi connectivity index (χ1) is 5.84. The Morgan fingerprint density at radius 1 is 1.62 bits per heavy atom. The maximum absolute atomic E-state index is 10.8. The summed E-state index contributed by atoms with van der Waals surface area (Å²) in [6.45, 7) is 1.37. The summed E-state index contributed by atoms with van der Waals surface area (Å²) in [5, 5.41) is 8.58. The van der Waals surface area contributed by atoms with Gasteiger partial charge in [0.2, 0.25) is 0 Å². The van der Waals surface area contributed by atoms with Gasteiger partial charge in [0.1, 0.15) is 10.6 Å². The zero-order valence-corrected chi connectivity index (χ0v) is 8.11. The Kier molecular flexibility index (Phi) is 2.36. The predicted octanol–water partition coefficient (Wildman–Crippen LogP) is 0.949. The summed E-state index contributed by atoms with van der Waals surface area (Å²) < 4.78 is 21.7. The van der Waals surface area contributed by atoms with Gasteiger partial charge in [-0.1, -0.05) is 0 Å². The Labute approximate surface area is 78.8 Å². The highest BCUT2D eigenvalue weighted by Crippen LogP contribution is 2.21. The van der Waals surface area contributed by atoms with Crippen LogP contribution in [0.2, 0.25) is 0 Å². The lowest BCUT2D eigenvalue weighted by Crippen LogP contribution is -1.99. The van der Waals surface area contributed by atoms with Crippen molar-refractivity contribution in [2.45, 2.75) is 11.8 Å². The van der Waals surface area contributed by atoms with Gasteiger partial charge in [0.15, 0.2) is 0 Å². The van der Waals surface area contributed by atoms with Crippen LogP contribution in [-0.4, -0.2) is 24.5 Å². The lowest BCUT2D eigenvalue weighted by molar-refractivity contribution is 0.0690. The van der Waals surface area contributed by atoms with Crippen LogP contribution in [0.5, 0.6) is 0 Å². The number of hydrogen-bond donors (Lipinski definition) is 2. The molecule has 0 atom stereocenters. The summed E-state index contributed by atoms with van der Waals surface area (Å²) in [5.74, 6) is -1.22. The van der Waals surface area contributed by atoms with E-state index in [1.54, 1.807) is 0 Å². The topological polar surface area (TPSA) is 87.2 Å². The highest BCUT2D eigenvalue weighted by Gasteiger charge is 2.20. The molecule has 1 aromatic heterocycles. The van der Waals surface area contributed by atoms with E-state index in [4.69, 9.17) is 15.8 Å². The van der Waals surface area contributed by atoms with Crippen LogP contribution in [0.25, 0.3) is 0 Å². The van der Waals surface area contributed by atoms with E-state index in [1.807, 2.05) is 0 Å². The molecular weight excluding hydrogens is 218 g/mol. The number of carbonyl (C=O) groups is 1. The molecule has 7 heteroatoms. The summed E-state index contributed by atoms with van der Waals surface area (Å²) >= 11 is 0. The highest BCUT2D eigenvalue weighted by atomic mass is 35.7. The minimum atomic E-state index is -3.87. The molecule has 5 nitrogen and oxygen atoms in total. The Morgan fingerprint density at radius 3 is 2.38 bits per heavy atom. The third kappa shape index (κ3) is 1.84. The molecule has 0 amide bonds. The molecule has 2 N–H and O–H groups in total. The van der Waals surface area contributed by atoms with Crippen molar-refractivity contribution in [2.75, 3.05) is 0 Å². The molecule has 1 aromatic rings. The summed E-state index contributed by atoms with van der Waals surface area (Å²) in [6, 6.07) is 0. The van der Waals surface area contributed by atoms with Crippen molar-refractivity contribution in [1.82, 2.24) is 4.98 Å². The maximum Gasteiger partial charge on any atom is 0.352 e. The van der Waals surface area contributed by atoms with Gasteiger partial charge < -0.3 is 10.1 Å². The molecule has 0 aliphatic heterocycles. The Balaban J connectivity index is 3.39. The fourth-order valence-electron chi connectivity index (χ4n) is 0.953. The summed E-state index contributed by atoms with van der Waals surface area (Å²) in [5.41, 5.74) is -0.0540. The molecule has 0 saturated heterocycles. The van der Waals surface area contributed by atoms with Crippen molar-refractivity contribution < 1.29 is 18.3 Å². The van der Waals surface area contributed by atoms with Crippen molar-refractivity contribution in [3.8, 4) is 0 Å². The zero-order valence-electron chi connectivity index (χ0n) is 6.54. The first-order valence-electron chi connectivity index (χ1n) is 3.20. The van der Waals surface area contributed by atoms with Gasteiger partial charge in [0.05, 0.1) is 0 Å². The number of aromatic amines is 1. The first kappa shape index (κ1) is 10.1. The standard InChI is InChI=1S/C6H6ClNO4S/c1-3-4(13(7,11)12)2-8-5(3)6(9)10/h2,8H,1H3,(H,9,10). The second-order valence-electron chi connectivity index (χ2n) is 2.40. The van der Waals surface area contributed by atoms with E-state index in [2.05, 4.69) is 4.98 Å². The van der Waals surface area contributed by atoms with Crippen LogP contribution in [0, 0.1) is 6.92 Å². The minimum absolute atomic E-state index is 0.113. The Bertz CT molecular complexity index is 447. The highest BCUT2D eigenvalue weighted by molar-refractivity contribution is 8.13. The third-order valence-corrected chi connectivity index (χ3v) is 3.02. The van der Waals surface area contributed by atoms with Crippen LogP contribution in [0.1, 0.15) is 16.1 Å². The minimum Gasteiger partial charge on any atom is -0.477 e. The molecule has 1 rings (SSSR count). The fourth-order valence-corrected chi connectivity index (χ4v) is 2.10. The number of nitrogens with one attached hydrogen (secondary N) is 1. The maximum atomic E-state index is 10.8. The van der Waals surface area contributed by atoms with E-state index in [0.717, 1.165) is 6.20 Å². The molecule has 0 spiro atoms. The van der Waals surface area contributed by atoms with Crippen LogP contribution >= 0.6 is 10.7 Å². The number of aromatic nitrogens is 1. The summed E-state index contributed by atoms with van der Waals surface area (Å²) in [6.07, 6.45) is 1.06. The molecule has 1 heterocycles. The molecule has 0 aliphatic carbocycles. The third-order valence-electron chi connectivity index (χ3n) is 1.57. The second-order valence-corrected chi connectivity index (χ2v) is 4.93. The van der Waals surface area contributed by atoms with Gasteiger partial charge >= 0.3 is 5.97 Å². The van der Waals surface area contributed by atoms with Crippen molar-refractivity contribution in [3.05, 3.63) is 17.5 Å². The molecule has 0 aromatic carbocycles. The Hall–Kier alpha value is -1.01. The molecular formula is C6H6ClNO4S. The van der Waals surface area contributed by atoms with E-state index < -0.39 is 15.0 Å². The smallest absolute Gasteiger partial charge is 0.352 e. The van der Waals surface area contributed by atoms with E-state index in [1.165, 1.54) is 6.92 Å². The number of rotatable bonds is 2. The van der Waals surface area contributed by atoms with Gasteiger partial charge in [-0.2, -0.15) is 0 Å². The average molecular weight is 224 g/mol. The zero-order chi connectivity index (χ0) is 10.2. The predicted molar refractivity (Wildman–Crippen MR) is 45.5 cm³/mol. The molecule has 0 aliphatic rings. The van der Waals surface area contributed by atoms with E-state index >= 15 is 0 Å². The summed E-state index contributed by atoms with van der Waals surface area (Å²) in [7, 11) is 1.17. The quantitative estimate of drug-likeness (QED) is 0.731. The van der Waals surface area contributed by atoms with Gasteiger partial charge in [-0.25, -0.2) is 13.2 Å². The van der Waals surface area contributed by atoms with Crippen LogP contribution in [0.15, 0.2) is 11.1 Å². The average Bonchev–Trinajstić information content (AvgIpc) is 2.28. The SMILES string of the molecule is Cc1c(S(=O)(=O)Cl)c[nH]c1C(=O)O. The van der Waals surface area contributed by atoms with Gasteiger partial charge in [-0.3, -0.25) is 0 Å². The number of hydrogen-bond acceptors (Lipinski definition) is 3. The van der Waals surface area contributed by atoms with Gasteiger partial charge in [0, 0.05) is 22.4 Å². The second kappa shape index (κ2) is 3.04. The first-order valence-corrected chi connectivity index (χ1v) is 5.51. The number of halogens is 1. The largest absolute Gasteiger partial charge is 0.477 e. The van der Waals surface area contributed by atoms with Crippen molar-refractivity contribution in [1.29, 1.82) is 0 Å². The molecule has 0 unspecified atom stereocenters. The van der Waals surface area contributed by atoms with Crippen molar-refractivity contribution in [3.63, 3.8) is 0 Å². The normalized spacial score (nSPS) is 11.5. The summed E-state index contributed by atoms with van der Waals surface area (Å²) in [4.78, 5) is 12.6. The molecule has 0 bridgehead atoms. The number of aromatic carboxylic acids is 1. The molecule has 0 saturated carbocycles. The fraction of sp³-hybridized carbons (Fsp3) is 0.167. The molecule has 0 fully saturated rings. The number of carboxylic acid groups (broad SMARTS) is 1. The molecule has 13 heavy (non-hydrogen) atoms. The van der Waals surface area contributed by atoms with Crippen LogP contribution in [0.4, 0.5) is 0 Å². The van der Waals surface area contributed by atoms with E-state index in [0.29, 0.717) is 0 Å². The van der Waals surface area contributed by atoms with E-state index in [9.17, 15) is 13.2 Å². The lowest BCUT2D eigenvalue weighted by Gasteiger charge is -1.93. The molecule has 0 radical (unpaired) electrons. The monoisotopic (exact) mass is 223 g/mol. The van der Waals surface area contributed by atoms with Gasteiger partial charge in [0.25, 0.3) is 9.05 Å². The lowest BCUT2D eigenvalue weighted by atomic mass is 10.3.